The van der Waals surface area contributed by atoms with Crippen LogP contribution < -0.4 is 9.64 Å². The summed E-state index contributed by atoms with van der Waals surface area (Å²) in [7, 11) is 0. The molecule has 0 bridgehead atoms. The minimum atomic E-state index is 0.0592. The lowest BCUT2D eigenvalue weighted by atomic mass is 10.1. The molecule has 0 spiro atoms. The van der Waals surface area contributed by atoms with E-state index in [4.69, 9.17) is 9.72 Å². The van der Waals surface area contributed by atoms with Crippen LogP contribution in [0.5, 0.6) is 5.75 Å². The number of fused-ring (bicyclic) bond motifs is 1. The SMILES string of the molecule is C=CCc1ccccc1OCCCn1c(C2CC(=O)N(c3ccc(CCCC)cc3)C2)nc2ccccc21. The Bertz CT molecular complexity index is 1390. The molecule has 1 fully saturated rings. The number of carbonyl (C=O) groups is 1. The van der Waals surface area contributed by atoms with Gasteiger partial charge in [0.05, 0.1) is 17.6 Å². The van der Waals surface area contributed by atoms with Crippen LogP contribution in [0.25, 0.3) is 11.0 Å². The molecule has 3 aromatic carbocycles. The van der Waals surface area contributed by atoms with Gasteiger partial charge in [0.25, 0.3) is 0 Å². The molecule has 0 N–H and O–H groups in total. The molecule has 1 unspecified atom stereocenters. The Labute approximate surface area is 225 Å². The van der Waals surface area contributed by atoms with Crippen LogP contribution in [-0.2, 0) is 24.2 Å². The Morgan fingerprint density at radius 1 is 1.03 bits per heavy atom. The zero-order valence-corrected chi connectivity index (χ0v) is 22.3. The average molecular weight is 508 g/mol. The lowest BCUT2D eigenvalue weighted by Crippen LogP contribution is -2.24. The van der Waals surface area contributed by atoms with E-state index in [1.54, 1.807) is 0 Å². The van der Waals surface area contributed by atoms with Crippen LogP contribution in [0.1, 0.15) is 55.5 Å². The Morgan fingerprint density at radius 3 is 2.63 bits per heavy atom. The van der Waals surface area contributed by atoms with Crippen molar-refractivity contribution in [1.29, 1.82) is 0 Å². The monoisotopic (exact) mass is 507 g/mol. The molecule has 5 nitrogen and oxygen atoms in total. The lowest BCUT2D eigenvalue weighted by molar-refractivity contribution is -0.117. The van der Waals surface area contributed by atoms with E-state index in [9.17, 15) is 4.79 Å². The molecule has 4 aromatic rings. The predicted octanol–water partition coefficient (Wildman–Crippen LogP) is 7.10. The van der Waals surface area contributed by atoms with Gasteiger partial charge in [0.1, 0.15) is 11.6 Å². The van der Waals surface area contributed by atoms with Gasteiger partial charge in [-0.05, 0) is 67.1 Å². The van der Waals surface area contributed by atoms with Gasteiger partial charge in [-0.15, -0.1) is 6.58 Å². The quantitative estimate of drug-likeness (QED) is 0.152. The van der Waals surface area contributed by atoms with Gasteiger partial charge < -0.3 is 14.2 Å². The highest BCUT2D eigenvalue weighted by molar-refractivity contribution is 5.96. The van der Waals surface area contributed by atoms with Gasteiger partial charge in [-0.25, -0.2) is 4.98 Å². The first-order chi connectivity index (χ1) is 18.7. The van der Waals surface area contributed by atoms with Gasteiger partial charge in [0.2, 0.25) is 5.91 Å². The Kier molecular flexibility index (Phi) is 8.22. The number of anilines is 1. The third-order valence-electron chi connectivity index (χ3n) is 7.36. The number of imidazole rings is 1. The second kappa shape index (κ2) is 12.1. The molecule has 38 heavy (non-hydrogen) atoms. The highest BCUT2D eigenvalue weighted by Crippen LogP contribution is 2.33. The van der Waals surface area contributed by atoms with Gasteiger partial charge in [-0.3, -0.25) is 4.79 Å². The van der Waals surface area contributed by atoms with Crippen molar-refractivity contribution in [2.75, 3.05) is 18.1 Å². The van der Waals surface area contributed by atoms with Crippen LogP contribution in [-0.4, -0.2) is 28.6 Å². The Hall–Kier alpha value is -3.86. The fourth-order valence-corrected chi connectivity index (χ4v) is 5.37. The number of unbranched alkanes of at least 4 members (excludes halogenated alkanes) is 1. The number of rotatable bonds is 12. The molecular formula is C33H37N3O2. The van der Waals surface area contributed by atoms with Crippen molar-refractivity contribution in [2.24, 2.45) is 0 Å². The number of nitrogens with zero attached hydrogens (tertiary/aromatic N) is 3. The van der Waals surface area contributed by atoms with Crippen LogP contribution in [0.15, 0.2) is 85.5 Å². The number of aromatic nitrogens is 2. The first kappa shape index (κ1) is 25.8. The molecule has 1 amide bonds. The molecule has 5 rings (SSSR count). The van der Waals surface area contributed by atoms with Crippen molar-refractivity contribution in [3.05, 3.63) is 102 Å². The first-order valence-corrected chi connectivity index (χ1v) is 13.8. The molecule has 0 radical (unpaired) electrons. The fraction of sp³-hybridized carbons (Fsp3) is 0.333. The molecule has 2 heterocycles. The van der Waals surface area contributed by atoms with Crippen molar-refractivity contribution in [2.45, 2.75) is 57.9 Å². The summed E-state index contributed by atoms with van der Waals surface area (Å²) < 4.78 is 8.44. The van der Waals surface area contributed by atoms with Crippen LogP contribution in [0.3, 0.4) is 0 Å². The number of aryl methyl sites for hydroxylation is 2. The number of hydrogen-bond acceptors (Lipinski definition) is 3. The number of allylic oxidation sites excluding steroid dienone is 1. The molecule has 0 saturated carbocycles. The zero-order valence-electron chi connectivity index (χ0n) is 22.3. The summed E-state index contributed by atoms with van der Waals surface area (Å²) in [6, 6.07) is 24.9. The summed E-state index contributed by atoms with van der Waals surface area (Å²) in [5, 5.41) is 0. The Balaban J connectivity index is 1.30. The van der Waals surface area contributed by atoms with Crippen molar-refractivity contribution in [1.82, 2.24) is 9.55 Å². The van der Waals surface area contributed by atoms with Crippen molar-refractivity contribution >= 4 is 22.6 Å². The normalized spacial score (nSPS) is 15.3. The highest BCUT2D eigenvalue weighted by atomic mass is 16.5. The highest BCUT2D eigenvalue weighted by Gasteiger charge is 2.34. The zero-order chi connectivity index (χ0) is 26.3. The van der Waals surface area contributed by atoms with Gasteiger partial charge in [0.15, 0.2) is 0 Å². The smallest absolute Gasteiger partial charge is 0.227 e. The molecule has 5 heteroatoms. The summed E-state index contributed by atoms with van der Waals surface area (Å²) in [5.41, 5.74) is 5.55. The molecular weight excluding hydrogens is 470 g/mol. The largest absolute Gasteiger partial charge is 0.493 e. The maximum Gasteiger partial charge on any atom is 0.227 e. The third-order valence-corrected chi connectivity index (χ3v) is 7.36. The maximum atomic E-state index is 13.1. The third kappa shape index (κ3) is 5.67. The van der Waals surface area contributed by atoms with Crippen molar-refractivity contribution in [3.63, 3.8) is 0 Å². The van der Waals surface area contributed by atoms with Crippen LogP contribution in [0.4, 0.5) is 5.69 Å². The summed E-state index contributed by atoms with van der Waals surface area (Å²) in [4.78, 5) is 20.0. The van der Waals surface area contributed by atoms with Crippen molar-refractivity contribution < 1.29 is 9.53 Å². The number of hydrogen-bond donors (Lipinski definition) is 0. The summed E-state index contributed by atoms with van der Waals surface area (Å²) >= 11 is 0. The van der Waals surface area contributed by atoms with Crippen LogP contribution >= 0.6 is 0 Å². The van der Waals surface area contributed by atoms with E-state index in [0.717, 1.165) is 59.7 Å². The van der Waals surface area contributed by atoms with E-state index in [1.807, 2.05) is 35.2 Å². The number of carbonyl (C=O) groups excluding carboxylic acids is 1. The molecule has 0 aliphatic carbocycles. The van der Waals surface area contributed by atoms with E-state index in [-0.39, 0.29) is 11.8 Å². The molecule has 1 aromatic heterocycles. The molecule has 1 aliphatic heterocycles. The standard InChI is InChI=1S/C33H37N3O2/c1-3-5-12-25-17-19-28(20-18-25)36-24-27(23-32(36)37)33-34-29-14-7-8-15-30(29)35(33)21-10-22-38-31-16-9-6-13-26(31)11-4-2/h4,6-9,13-20,27H,2-3,5,10-12,21-24H2,1H3. The van der Waals surface area contributed by atoms with E-state index in [2.05, 4.69) is 66.6 Å². The minimum absolute atomic E-state index is 0.0592. The summed E-state index contributed by atoms with van der Waals surface area (Å²) in [6.07, 6.45) is 7.47. The number of ether oxygens (including phenoxy) is 1. The van der Waals surface area contributed by atoms with Crippen LogP contribution in [0.2, 0.25) is 0 Å². The average Bonchev–Trinajstić information content (AvgIpc) is 3.51. The topological polar surface area (TPSA) is 47.4 Å². The van der Waals surface area contributed by atoms with E-state index in [1.165, 1.54) is 18.4 Å². The van der Waals surface area contributed by atoms with Gasteiger partial charge >= 0.3 is 0 Å². The molecule has 196 valence electrons. The minimum Gasteiger partial charge on any atom is -0.493 e. The summed E-state index contributed by atoms with van der Waals surface area (Å²) in [6.45, 7) is 8.12. The second-order valence-electron chi connectivity index (χ2n) is 10.1. The summed E-state index contributed by atoms with van der Waals surface area (Å²) in [5.74, 6) is 2.13. The lowest BCUT2D eigenvalue weighted by Gasteiger charge is -2.18. The second-order valence-corrected chi connectivity index (χ2v) is 10.1. The fourth-order valence-electron chi connectivity index (χ4n) is 5.37. The first-order valence-electron chi connectivity index (χ1n) is 13.8. The predicted molar refractivity (Wildman–Crippen MR) is 155 cm³/mol. The van der Waals surface area contributed by atoms with Gasteiger partial charge in [-0.2, -0.15) is 0 Å². The number of para-hydroxylation sites is 3. The molecule has 1 aliphatic rings. The number of benzene rings is 3. The van der Waals surface area contributed by atoms with Crippen molar-refractivity contribution in [3.8, 4) is 5.75 Å². The molecule has 1 atom stereocenters. The Morgan fingerprint density at radius 2 is 1.82 bits per heavy atom. The van der Waals surface area contributed by atoms with E-state index in [0.29, 0.717) is 19.6 Å². The molecule has 1 saturated heterocycles. The van der Waals surface area contributed by atoms with Crippen LogP contribution in [0, 0.1) is 0 Å². The van der Waals surface area contributed by atoms with Gasteiger partial charge in [-0.1, -0.05) is 61.9 Å². The maximum absolute atomic E-state index is 13.1. The number of amides is 1. The van der Waals surface area contributed by atoms with E-state index >= 15 is 0 Å². The van der Waals surface area contributed by atoms with E-state index < -0.39 is 0 Å². The van der Waals surface area contributed by atoms with Gasteiger partial charge in [0, 0.05) is 31.1 Å².